The minimum Gasteiger partial charge on any atom is -0.338 e. The van der Waals surface area contributed by atoms with E-state index in [2.05, 4.69) is 40.6 Å². The molecule has 34 heavy (non-hydrogen) atoms. The number of carbonyl (C=O) groups is 2. The van der Waals surface area contributed by atoms with Gasteiger partial charge in [-0.1, -0.05) is 48.0 Å². The van der Waals surface area contributed by atoms with Crippen LogP contribution < -0.4 is 0 Å². The fraction of sp³-hybridized carbons (Fsp3) is 0.333. The summed E-state index contributed by atoms with van der Waals surface area (Å²) in [4.78, 5) is 33.9. The Labute approximate surface area is 209 Å². The molecule has 1 saturated heterocycles. The molecule has 176 valence electrons. The van der Waals surface area contributed by atoms with Gasteiger partial charge in [0.15, 0.2) is 0 Å². The van der Waals surface area contributed by atoms with Crippen LogP contribution in [-0.2, 0) is 11.2 Å². The van der Waals surface area contributed by atoms with Gasteiger partial charge in [0.1, 0.15) is 0 Å². The van der Waals surface area contributed by atoms with Gasteiger partial charge in [0.25, 0.3) is 5.91 Å². The Hall–Kier alpha value is -2.67. The lowest BCUT2D eigenvalue weighted by atomic mass is 9.93. The molecular weight excluding hydrogens is 466 g/mol. The average molecular weight is 494 g/mol. The Balaban J connectivity index is 1.27. The average Bonchev–Trinajstić information content (AvgIpc) is 3.33. The summed E-state index contributed by atoms with van der Waals surface area (Å²) in [5, 5.41) is 2.71. The number of rotatable bonds is 4. The summed E-state index contributed by atoms with van der Waals surface area (Å²) >= 11 is 7.88. The lowest BCUT2D eigenvalue weighted by Crippen LogP contribution is -2.57. The van der Waals surface area contributed by atoms with Crippen molar-refractivity contribution in [2.75, 3.05) is 32.7 Å². The number of benzene rings is 2. The fourth-order valence-corrected chi connectivity index (χ4v) is 6.21. The lowest BCUT2D eigenvalue weighted by molar-refractivity contribution is -0.135. The van der Waals surface area contributed by atoms with Gasteiger partial charge in [-0.3, -0.25) is 14.5 Å². The molecule has 1 fully saturated rings. The summed E-state index contributed by atoms with van der Waals surface area (Å²) in [7, 11) is 0. The Morgan fingerprint density at radius 2 is 1.85 bits per heavy atom. The monoisotopic (exact) mass is 493 g/mol. The molecule has 3 aromatic rings. The van der Waals surface area contributed by atoms with Crippen molar-refractivity contribution in [2.24, 2.45) is 0 Å². The number of nitrogens with zero attached hydrogens (tertiary/aromatic N) is 3. The molecule has 5 rings (SSSR count). The van der Waals surface area contributed by atoms with Crippen LogP contribution in [0.1, 0.15) is 39.3 Å². The summed E-state index contributed by atoms with van der Waals surface area (Å²) in [5.74, 6) is 0.0913. The van der Waals surface area contributed by atoms with E-state index in [1.54, 1.807) is 24.3 Å². The minimum absolute atomic E-state index is 0.0349. The molecule has 3 heterocycles. The van der Waals surface area contributed by atoms with Crippen molar-refractivity contribution in [3.63, 3.8) is 0 Å². The van der Waals surface area contributed by atoms with Crippen LogP contribution in [0.4, 0.5) is 0 Å². The first-order valence-electron chi connectivity index (χ1n) is 11.7. The second-order valence-corrected chi connectivity index (χ2v) is 10.5. The molecule has 0 bridgehead atoms. The smallest absolute Gasteiger partial charge is 0.254 e. The van der Waals surface area contributed by atoms with Crippen molar-refractivity contribution in [3.8, 4) is 0 Å². The van der Waals surface area contributed by atoms with Crippen LogP contribution in [0.2, 0.25) is 5.02 Å². The molecule has 0 unspecified atom stereocenters. The topological polar surface area (TPSA) is 43.9 Å². The molecule has 7 heteroatoms. The Morgan fingerprint density at radius 1 is 1.03 bits per heavy atom. The molecular formula is C27H28ClN3O2S. The number of hydrogen-bond acceptors (Lipinski definition) is 4. The highest BCUT2D eigenvalue weighted by Crippen LogP contribution is 2.37. The maximum absolute atomic E-state index is 13.4. The summed E-state index contributed by atoms with van der Waals surface area (Å²) in [6.45, 7) is 4.86. The van der Waals surface area contributed by atoms with Crippen LogP contribution >= 0.6 is 22.9 Å². The highest BCUT2D eigenvalue weighted by atomic mass is 35.5. The number of halogens is 1. The Morgan fingerprint density at radius 3 is 2.62 bits per heavy atom. The van der Waals surface area contributed by atoms with Gasteiger partial charge >= 0.3 is 0 Å². The van der Waals surface area contributed by atoms with Gasteiger partial charge < -0.3 is 9.80 Å². The summed E-state index contributed by atoms with van der Waals surface area (Å²) in [5.41, 5.74) is 3.13. The number of hydrogen-bond donors (Lipinski definition) is 0. The first-order valence-corrected chi connectivity index (χ1v) is 13.0. The first kappa shape index (κ1) is 23.1. The van der Waals surface area contributed by atoms with E-state index in [-0.39, 0.29) is 23.9 Å². The quantitative estimate of drug-likeness (QED) is 0.528. The van der Waals surface area contributed by atoms with Crippen molar-refractivity contribution < 1.29 is 9.59 Å². The number of piperazine rings is 1. The molecule has 2 aliphatic heterocycles. The zero-order valence-electron chi connectivity index (χ0n) is 19.2. The van der Waals surface area contributed by atoms with Gasteiger partial charge in [0.2, 0.25) is 5.91 Å². The van der Waals surface area contributed by atoms with Crippen LogP contribution in [0.25, 0.3) is 0 Å². The van der Waals surface area contributed by atoms with Crippen molar-refractivity contribution in [2.45, 2.75) is 25.4 Å². The van der Waals surface area contributed by atoms with E-state index < -0.39 is 0 Å². The van der Waals surface area contributed by atoms with Gasteiger partial charge in [-0.15, -0.1) is 11.3 Å². The maximum atomic E-state index is 13.4. The van der Waals surface area contributed by atoms with Crippen LogP contribution in [0.5, 0.6) is 0 Å². The van der Waals surface area contributed by atoms with E-state index >= 15 is 0 Å². The first-order chi connectivity index (χ1) is 16.5. The second-order valence-electron chi connectivity index (χ2n) is 9.03. The fourth-order valence-electron chi connectivity index (χ4n) is 5.11. The molecule has 0 N–H and O–H groups in total. The van der Waals surface area contributed by atoms with Crippen molar-refractivity contribution in [1.82, 2.24) is 14.7 Å². The molecule has 0 radical (unpaired) electrons. The third kappa shape index (κ3) is 4.63. The maximum Gasteiger partial charge on any atom is 0.254 e. The predicted octanol–water partition coefficient (Wildman–Crippen LogP) is 4.72. The molecule has 2 amide bonds. The lowest BCUT2D eigenvalue weighted by Gasteiger charge is -2.42. The Kier molecular flexibility index (Phi) is 6.73. The van der Waals surface area contributed by atoms with Crippen LogP contribution in [0.15, 0.2) is 66.0 Å². The molecule has 0 aliphatic carbocycles. The summed E-state index contributed by atoms with van der Waals surface area (Å²) < 4.78 is 0. The van der Waals surface area contributed by atoms with Crippen LogP contribution in [-0.4, -0.2) is 65.3 Å². The number of carbonyl (C=O) groups excluding carboxylic acids is 2. The standard InChI is InChI=1S/C27H28ClN3O2S/c1-19-17-29(13-14-31(19)27(33)21-8-5-9-22(28)16-21)25(32)18-30-12-10-24-23(11-15-34-24)26(30)20-6-3-2-4-7-20/h2-9,11,15-16,19,26H,10,12-14,17-18H2,1H3/t19-,26-/m0/s1. The SMILES string of the molecule is C[C@H]1CN(C(=O)CN2CCc3sccc3[C@@H]2c2ccccc2)CCN1C(=O)c1cccc(Cl)c1. The van der Waals surface area contributed by atoms with Gasteiger partial charge in [0.05, 0.1) is 12.6 Å². The molecule has 2 aliphatic rings. The summed E-state index contributed by atoms with van der Waals surface area (Å²) in [6.07, 6.45) is 0.974. The van der Waals surface area contributed by atoms with E-state index in [1.807, 2.05) is 34.1 Å². The van der Waals surface area contributed by atoms with E-state index in [0.29, 0.717) is 36.8 Å². The molecule has 5 nitrogen and oxygen atoms in total. The Bertz CT molecular complexity index is 1180. The van der Waals surface area contributed by atoms with Crippen LogP contribution in [0.3, 0.4) is 0 Å². The number of fused-ring (bicyclic) bond motifs is 1. The number of amides is 2. The zero-order valence-corrected chi connectivity index (χ0v) is 20.8. The van der Waals surface area contributed by atoms with Crippen LogP contribution in [0, 0.1) is 0 Å². The second kappa shape index (κ2) is 9.90. The molecule has 0 saturated carbocycles. The normalized spacial score (nSPS) is 20.8. The largest absolute Gasteiger partial charge is 0.338 e. The van der Waals surface area contributed by atoms with Gasteiger partial charge in [-0.05, 0) is 54.1 Å². The van der Waals surface area contributed by atoms with Crippen molar-refractivity contribution >= 4 is 34.8 Å². The van der Waals surface area contributed by atoms with E-state index in [4.69, 9.17) is 11.6 Å². The highest BCUT2D eigenvalue weighted by molar-refractivity contribution is 7.10. The van der Waals surface area contributed by atoms with Gasteiger partial charge in [-0.2, -0.15) is 0 Å². The molecule has 2 aromatic carbocycles. The molecule has 1 aromatic heterocycles. The van der Waals surface area contributed by atoms with Crippen molar-refractivity contribution in [1.29, 1.82) is 0 Å². The predicted molar refractivity (Wildman–Crippen MR) is 136 cm³/mol. The van der Waals surface area contributed by atoms with E-state index in [0.717, 1.165) is 13.0 Å². The third-order valence-electron chi connectivity index (χ3n) is 6.83. The highest BCUT2D eigenvalue weighted by Gasteiger charge is 2.34. The molecule has 2 atom stereocenters. The van der Waals surface area contributed by atoms with E-state index in [9.17, 15) is 9.59 Å². The van der Waals surface area contributed by atoms with Crippen molar-refractivity contribution in [3.05, 3.63) is 92.6 Å². The molecule has 0 spiro atoms. The number of thiophene rings is 1. The van der Waals surface area contributed by atoms with Gasteiger partial charge in [0, 0.05) is 47.7 Å². The van der Waals surface area contributed by atoms with E-state index in [1.165, 1.54) is 16.0 Å². The minimum atomic E-state index is -0.0565. The van der Waals surface area contributed by atoms with Gasteiger partial charge in [-0.25, -0.2) is 0 Å². The zero-order chi connectivity index (χ0) is 23.7. The third-order valence-corrected chi connectivity index (χ3v) is 8.06. The summed E-state index contributed by atoms with van der Waals surface area (Å²) in [6, 6.07) is 19.8.